The van der Waals surface area contributed by atoms with Gasteiger partial charge in [0.05, 0.1) is 21.2 Å². The maximum atomic E-state index is 12.5. The van der Waals surface area contributed by atoms with Crippen LogP contribution in [-0.4, -0.2) is 16.6 Å². The number of thiophene rings is 1. The van der Waals surface area contributed by atoms with Crippen LogP contribution in [0.15, 0.2) is 50.8 Å². The molecule has 0 amide bonds. The molecule has 0 aromatic carbocycles. The second kappa shape index (κ2) is 4.99. The Bertz CT molecular complexity index is 834. The van der Waals surface area contributed by atoms with Gasteiger partial charge in [0, 0.05) is 17.7 Å². The van der Waals surface area contributed by atoms with Gasteiger partial charge in [-0.2, -0.15) is 5.26 Å². The van der Waals surface area contributed by atoms with Gasteiger partial charge in [0.2, 0.25) is 5.78 Å². The lowest BCUT2D eigenvalue weighted by Crippen LogP contribution is -2.16. The average Bonchev–Trinajstić information content (AvgIpc) is 3.08. The molecule has 21 heavy (non-hydrogen) atoms. The second-order valence-electron chi connectivity index (χ2n) is 4.68. The summed E-state index contributed by atoms with van der Waals surface area (Å²) < 4.78 is 0. The number of aliphatic imine (C=N–C) groups is 1. The second-order valence-corrected chi connectivity index (χ2v) is 6.14. The molecule has 104 valence electrons. The molecule has 0 saturated carbocycles. The van der Waals surface area contributed by atoms with E-state index in [0.717, 1.165) is 17.0 Å². The Kier molecular flexibility index (Phi) is 3.28. The maximum Gasteiger partial charge on any atom is 0.203 e. The Morgan fingerprint density at radius 2 is 2.29 bits per heavy atom. The molecular formula is C15H9ClN2O2S. The summed E-state index contributed by atoms with van der Waals surface area (Å²) in [5.41, 5.74) is 2.38. The first-order valence-corrected chi connectivity index (χ1v) is 7.34. The van der Waals surface area contributed by atoms with Gasteiger partial charge < -0.3 is 5.11 Å². The molecule has 1 aliphatic heterocycles. The summed E-state index contributed by atoms with van der Waals surface area (Å²) >= 11 is 7.23. The summed E-state index contributed by atoms with van der Waals surface area (Å²) in [5, 5.41) is 19.2. The summed E-state index contributed by atoms with van der Waals surface area (Å²) in [6.07, 6.45) is 2.03. The fourth-order valence-electron chi connectivity index (χ4n) is 2.29. The lowest BCUT2D eigenvalue weighted by molar-refractivity contribution is 0.103. The standard InChI is InChI=1S/C15H9ClN2O2S/c1-7-4-9-11(18-7)5-10(15(20)13(9)16)14(19)12-3-2-8(6-17)21-12/h2-4,20H,5H2,1H3. The first kappa shape index (κ1) is 13.8. The van der Waals surface area contributed by atoms with Crippen molar-refractivity contribution in [2.24, 2.45) is 4.99 Å². The number of carbonyl (C=O) groups is 1. The molecule has 6 heteroatoms. The Hall–Kier alpha value is -2.16. The van der Waals surface area contributed by atoms with E-state index >= 15 is 0 Å². The van der Waals surface area contributed by atoms with Gasteiger partial charge in [-0.1, -0.05) is 11.6 Å². The number of nitrogens with zero attached hydrogens (tertiary/aromatic N) is 2. The Labute approximate surface area is 130 Å². The number of nitriles is 1. The van der Waals surface area contributed by atoms with Gasteiger partial charge in [-0.05, 0) is 25.1 Å². The van der Waals surface area contributed by atoms with Crippen molar-refractivity contribution in [2.45, 2.75) is 13.3 Å². The Balaban J connectivity index is 2.03. The molecular weight excluding hydrogens is 308 g/mol. The minimum atomic E-state index is -0.316. The predicted molar refractivity (Wildman–Crippen MR) is 81.7 cm³/mol. The van der Waals surface area contributed by atoms with Gasteiger partial charge in [-0.3, -0.25) is 9.79 Å². The number of aliphatic hydroxyl groups is 1. The van der Waals surface area contributed by atoms with Crippen LogP contribution in [0.25, 0.3) is 0 Å². The molecule has 1 aromatic heterocycles. The van der Waals surface area contributed by atoms with Crippen molar-refractivity contribution in [3.8, 4) is 6.07 Å². The fourth-order valence-corrected chi connectivity index (χ4v) is 3.34. The van der Waals surface area contributed by atoms with Crippen LogP contribution in [0.5, 0.6) is 0 Å². The van der Waals surface area contributed by atoms with Gasteiger partial charge in [-0.25, -0.2) is 0 Å². The maximum absolute atomic E-state index is 12.5. The van der Waals surface area contributed by atoms with Crippen molar-refractivity contribution in [1.82, 2.24) is 0 Å². The van der Waals surface area contributed by atoms with Crippen molar-refractivity contribution < 1.29 is 9.90 Å². The molecule has 0 spiro atoms. The van der Waals surface area contributed by atoms with Gasteiger partial charge in [0.25, 0.3) is 0 Å². The highest BCUT2D eigenvalue weighted by atomic mass is 35.5. The lowest BCUT2D eigenvalue weighted by atomic mass is 9.92. The molecule has 1 aromatic rings. The molecule has 0 saturated heterocycles. The molecule has 0 bridgehead atoms. The third-order valence-corrected chi connectivity index (χ3v) is 4.64. The first-order chi connectivity index (χ1) is 10.0. The van der Waals surface area contributed by atoms with E-state index in [0.29, 0.717) is 21.0 Å². The zero-order chi connectivity index (χ0) is 15.1. The van der Waals surface area contributed by atoms with Crippen molar-refractivity contribution in [3.05, 3.63) is 55.6 Å². The Morgan fingerprint density at radius 1 is 1.52 bits per heavy atom. The van der Waals surface area contributed by atoms with Crippen LogP contribution in [0, 0.1) is 11.3 Å². The smallest absolute Gasteiger partial charge is 0.203 e. The number of hydrogen-bond acceptors (Lipinski definition) is 5. The summed E-state index contributed by atoms with van der Waals surface area (Å²) in [6.45, 7) is 1.83. The van der Waals surface area contributed by atoms with E-state index < -0.39 is 0 Å². The highest BCUT2D eigenvalue weighted by Gasteiger charge is 2.31. The molecule has 2 aliphatic rings. The third kappa shape index (κ3) is 2.23. The highest BCUT2D eigenvalue weighted by molar-refractivity contribution is 7.14. The van der Waals surface area contributed by atoms with E-state index in [9.17, 15) is 9.90 Å². The van der Waals surface area contributed by atoms with E-state index in [4.69, 9.17) is 16.9 Å². The van der Waals surface area contributed by atoms with Crippen molar-refractivity contribution in [1.29, 1.82) is 5.26 Å². The number of allylic oxidation sites excluding steroid dienone is 5. The van der Waals surface area contributed by atoms with Crippen LogP contribution < -0.4 is 0 Å². The SMILES string of the molecule is CC1=CC2=C(Cl)C(O)=C(C(=O)c3ccc(C#N)s3)CC2=N1. The number of Topliss-reactive ketones (excluding diaryl/α,β-unsaturated/α-hetero) is 1. The van der Waals surface area contributed by atoms with Gasteiger partial charge >= 0.3 is 0 Å². The largest absolute Gasteiger partial charge is 0.506 e. The van der Waals surface area contributed by atoms with Gasteiger partial charge in [-0.15, -0.1) is 11.3 Å². The van der Waals surface area contributed by atoms with Gasteiger partial charge in [0.1, 0.15) is 16.7 Å². The number of rotatable bonds is 2. The van der Waals surface area contributed by atoms with E-state index in [-0.39, 0.29) is 28.6 Å². The number of halogens is 1. The molecule has 0 fully saturated rings. The topological polar surface area (TPSA) is 73.4 Å². The molecule has 0 radical (unpaired) electrons. The third-order valence-electron chi connectivity index (χ3n) is 3.26. The fraction of sp³-hybridized carbons (Fsp3) is 0.133. The first-order valence-electron chi connectivity index (χ1n) is 6.14. The minimum Gasteiger partial charge on any atom is -0.506 e. The number of carbonyl (C=O) groups excluding carboxylic acids is 1. The van der Waals surface area contributed by atoms with Crippen molar-refractivity contribution >= 4 is 34.4 Å². The molecule has 2 heterocycles. The molecule has 3 rings (SSSR count). The summed E-state index contributed by atoms with van der Waals surface area (Å²) in [6, 6.07) is 5.15. The van der Waals surface area contributed by atoms with Gasteiger partial charge in [0.15, 0.2) is 0 Å². The summed E-state index contributed by atoms with van der Waals surface area (Å²) in [7, 11) is 0. The molecule has 0 unspecified atom stereocenters. The highest BCUT2D eigenvalue weighted by Crippen LogP contribution is 2.36. The van der Waals surface area contributed by atoms with Crippen molar-refractivity contribution in [2.75, 3.05) is 0 Å². The normalized spacial score (nSPS) is 17.4. The van der Waals surface area contributed by atoms with Crippen LogP contribution in [0.3, 0.4) is 0 Å². The number of ketones is 1. The Morgan fingerprint density at radius 3 is 2.95 bits per heavy atom. The van der Waals surface area contributed by atoms with E-state index in [1.165, 1.54) is 0 Å². The number of aliphatic hydroxyl groups excluding tert-OH is 1. The van der Waals surface area contributed by atoms with Crippen LogP contribution >= 0.6 is 22.9 Å². The monoisotopic (exact) mass is 316 g/mol. The zero-order valence-electron chi connectivity index (χ0n) is 11.0. The van der Waals surface area contributed by atoms with Crippen LogP contribution in [0.2, 0.25) is 0 Å². The van der Waals surface area contributed by atoms with Crippen molar-refractivity contribution in [3.63, 3.8) is 0 Å². The van der Waals surface area contributed by atoms with Crippen LogP contribution in [0.4, 0.5) is 0 Å². The minimum absolute atomic E-state index is 0.150. The number of hydrogen-bond donors (Lipinski definition) is 1. The lowest BCUT2D eigenvalue weighted by Gasteiger charge is -2.16. The van der Waals surface area contributed by atoms with Crippen LogP contribution in [-0.2, 0) is 0 Å². The van der Waals surface area contributed by atoms with E-state index in [1.807, 2.05) is 13.0 Å². The average molecular weight is 317 g/mol. The quantitative estimate of drug-likeness (QED) is 0.842. The molecule has 1 N–H and O–H groups in total. The molecule has 1 aliphatic carbocycles. The predicted octanol–water partition coefficient (Wildman–Crippen LogP) is 3.87. The summed E-state index contributed by atoms with van der Waals surface area (Å²) in [5.74, 6) is -0.517. The van der Waals surface area contributed by atoms with E-state index in [2.05, 4.69) is 4.99 Å². The molecule has 0 atom stereocenters. The van der Waals surface area contributed by atoms with Crippen LogP contribution in [0.1, 0.15) is 27.9 Å². The number of fused-ring (bicyclic) bond motifs is 1. The molecule has 4 nitrogen and oxygen atoms in total. The zero-order valence-corrected chi connectivity index (χ0v) is 12.5. The van der Waals surface area contributed by atoms with E-state index in [1.54, 1.807) is 18.2 Å². The summed E-state index contributed by atoms with van der Waals surface area (Å²) in [4.78, 5) is 17.7.